The topological polar surface area (TPSA) is 75.4 Å². The summed E-state index contributed by atoms with van der Waals surface area (Å²) < 4.78 is 36.9. The van der Waals surface area contributed by atoms with E-state index in [0.717, 1.165) is 0 Å². The molecule has 0 aromatic heterocycles. The predicted molar refractivity (Wildman–Crippen MR) is 69.4 cm³/mol. The Morgan fingerprint density at radius 1 is 1.38 bits per heavy atom. The standard InChI is InChI=1S/C13H14F3N3O2/c14-13(15,16)7-19-6-5-10(12(19)21)18-11(20)8-3-1-2-4-9(8)17/h1-4,10H,5-7,17H2,(H,18,20). The van der Waals surface area contributed by atoms with Crippen LogP contribution in [0.15, 0.2) is 24.3 Å². The second kappa shape index (κ2) is 5.63. The molecule has 1 saturated heterocycles. The number of carbonyl (C=O) groups excluding carboxylic acids is 2. The van der Waals surface area contributed by atoms with Gasteiger partial charge in [0.1, 0.15) is 12.6 Å². The summed E-state index contributed by atoms with van der Waals surface area (Å²) in [6.07, 6.45) is -4.30. The van der Waals surface area contributed by atoms with Crippen LogP contribution in [-0.4, -0.2) is 42.0 Å². The molecule has 1 aliphatic rings. The maximum absolute atomic E-state index is 12.3. The minimum Gasteiger partial charge on any atom is -0.398 e. The fraction of sp³-hybridized carbons (Fsp3) is 0.385. The van der Waals surface area contributed by atoms with Gasteiger partial charge >= 0.3 is 6.18 Å². The fourth-order valence-corrected chi connectivity index (χ4v) is 2.19. The molecule has 0 bridgehead atoms. The van der Waals surface area contributed by atoms with E-state index in [-0.39, 0.29) is 24.2 Å². The quantitative estimate of drug-likeness (QED) is 0.823. The lowest BCUT2D eigenvalue weighted by Crippen LogP contribution is -2.43. The number of nitrogens with zero attached hydrogens (tertiary/aromatic N) is 1. The summed E-state index contributed by atoms with van der Waals surface area (Å²) in [5.41, 5.74) is 6.07. The number of alkyl halides is 3. The molecule has 1 atom stereocenters. The van der Waals surface area contributed by atoms with Crippen LogP contribution in [0, 0.1) is 0 Å². The normalized spacial score (nSPS) is 18.9. The van der Waals surface area contributed by atoms with Crippen LogP contribution in [0.3, 0.4) is 0 Å². The summed E-state index contributed by atoms with van der Waals surface area (Å²) in [6.45, 7) is -1.33. The van der Waals surface area contributed by atoms with Crippen molar-refractivity contribution in [2.75, 3.05) is 18.8 Å². The third kappa shape index (κ3) is 3.65. The van der Waals surface area contributed by atoms with Gasteiger partial charge in [-0.1, -0.05) is 12.1 Å². The molecular formula is C13H14F3N3O2. The lowest BCUT2D eigenvalue weighted by atomic mass is 10.1. The van der Waals surface area contributed by atoms with E-state index >= 15 is 0 Å². The van der Waals surface area contributed by atoms with E-state index in [2.05, 4.69) is 5.32 Å². The number of halogens is 3. The summed E-state index contributed by atoms with van der Waals surface area (Å²) in [5.74, 6) is -1.30. The highest BCUT2D eigenvalue weighted by molar-refractivity contribution is 6.01. The minimum atomic E-state index is -4.45. The van der Waals surface area contributed by atoms with Gasteiger partial charge in [0.25, 0.3) is 5.91 Å². The lowest BCUT2D eigenvalue weighted by Gasteiger charge is -2.18. The van der Waals surface area contributed by atoms with Gasteiger partial charge in [-0.3, -0.25) is 9.59 Å². The first-order valence-corrected chi connectivity index (χ1v) is 6.29. The van der Waals surface area contributed by atoms with Crippen molar-refractivity contribution >= 4 is 17.5 Å². The van der Waals surface area contributed by atoms with Crippen molar-refractivity contribution in [2.24, 2.45) is 0 Å². The molecule has 0 radical (unpaired) electrons. The highest BCUT2D eigenvalue weighted by atomic mass is 19.4. The average Bonchev–Trinajstić information content (AvgIpc) is 2.70. The van der Waals surface area contributed by atoms with Crippen molar-refractivity contribution in [2.45, 2.75) is 18.6 Å². The predicted octanol–water partition coefficient (Wildman–Crippen LogP) is 1.16. The third-order valence-corrected chi connectivity index (χ3v) is 3.18. The molecule has 1 fully saturated rings. The molecule has 5 nitrogen and oxygen atoms in total. The number of nitrogens with one attached hydrogen (secondary N) is 1. The number of rotatable bonds is 3. The van der Waals surface area contributed by atoms with E-state index in [9.17, 15) is 22.8 Å². The molecule has 0 aliphatic carbocycles. The molecule has 0 spiro atoms. The van der Waals surface area contributed by atoms with E-state index in [4.69, 9.17) is 5.73 Å². The number of likely N-dealkylation sites (tertiary alicyclic amines) is 1. The molecule has 3 N–H and O–H groups in total. The maximum atomic E-state index is 12.3. The first-order chi connectivity index (χ1) is 9.78. The van der Waals surface area contributed by atoms with Gasteiger partial charge in [0.05, 0.1) is 5.56 Å². The van der Waals surface area contributed by atoms with Crippen LogP contribution in [-0.2, 0) is 4.79 Å². The smallest absolute Gasteiger partial charge is 0.398 e. The van der Waals surface area contributed by atoms with Crippen molar-refractivity contribution in [1.82, 2.24) is 10.2 Å². The molecule has 1 unspecified atom stereocenters. The molecule has 114 valence electrons. The van der Waals surface area contributed by atoms with Crippen molar-refractivity contribution in [1.29, 1.82) is 0 Å². The molecule has 1 aromatic rings. The Labute approximate surface area is 118 Å². The number of carbonyl (C=O) groups is 2. The van der Waals surface area contributed by atoms with Crippen LogP contribution in [0.2, 0.25) is 0 Å². The van der Waals surface area contributed by atoms with Crippen molar-refractivity contribution in [3.05, 3.63) is 29.8 Å². The number of anilines is 1. The van der Waals surface area contributed by atoms with Crippen LogP contribution < -0.4 is 11.1 Å². The molecule has 1 heterocycles. The zero-order valence-corrected chi connectivity index (χ0v) is 11.0. The van der Waals surface area contributed by atoms with Gasteiger partial charge in [-0.25, -0.2) is 0 Å². The van der Waals surface area contributed by atoms with Crippen LogP contribution in [0.5, 0.6) is 0 Å². The molecule has 2 amide bonds. The van der Waals surface area contributed by atoms with E-state index in [1.165, 1.54) is 12.1 Å². The number of nitrogens with two attached hydrogens (primary N) is 1. The van der Waals surface area contributed by atoms with Gasteiger partial charge in [0.15, 0.2) is 0 Å². The van der Waals surface area contributed by atoms with Gasteiger partial charge in [-0.2, -0.15) is 13.2 Å². The zero-order chi connectivity index (χ0) is 15.6. The molecule has 0 saturated carbocycles. The van der Waals surface area contributed by atoms with Gasteiger partial charge in [0.2, 0.25) is 5.91 Å². The summed E-state index contributed by atoms with van der Waals surface area (Å²) in [4.78, 5) is 24.5. The molecule has 8 heteroatoms. The largest absolute Gasteiger partial charge is 0.406 e. The van der Waals surface area contributed by atoms with Gasteiger partial charge < -0.3 is 16.0 Å². The van der Waals surface area contributed by atoms with Crippen molar-refractivity contribution in [3.63, 3.8) is 0 Å². The second-order valence-corrected chi connectivity index (χ2v) is 4.78. The first kappa shape index (κ1) is 15.1. The number of para-hydroxylation sites is 1. The molecular weight excluding hydrogens is 287 g/mol. The van der Waals surface area contributed by atoms with Gasteiger partial charge in [0, 0.05) is 12.2 Å². The van der Waals surface area contributed by atoms with E-state index in [1.54, 1.807) is 12.1 Å². The SMILES string of the molecule is Nc1ccccc1C(=O)NC1CCN(CC(F)(F)F)C1=O. The van der Waals surface area contributed by atoms with Crippen molar-refractivity contribution < 1.29 is 22.8 Å². The highest BCUT2D eigenvalue weighted by Crippen LogP contribution is 2.21. The molecule has 2 rings (SSSR count). The third-order valence-electron chi connectivity index (χ3n) is 3.18. The number of amides is 2. The van der Waals surface area contributed by atoms with Crippen LogP contribution >= 0.6 is 0 Å². The Morgan fingerprint density at radius 2 is 2.05 bits per heavy atom. The Balaban J connectivity index is 2.00. The highest BCUT2D eigenvalue weighted by Gasteiger charge is 2.39. The van der Waals surface area contributed by atoms with Crippen LogP contribution in [0.4, 0.5) is 18.9 Å². The molecule has 21 heavy (non-hydrogen) atoms. The van der Waals surface area contributed by atoms with E-state index in [0.29, 0.717) is 4.90 Å². The fourth-order valence-electron chi connectivity index (χ4n) is 2.19. The van der Waals surface area contributed by atoms with Crippen molar-refractivity contribution in [3.8, 4) is 0 Å². The van der Waals surface area contributed by atoms with Gasteiger partial charge in [-0.05, 0) is 18.6 Å². The zero-order valence-electron chi connectivity index (χ0n) is 11.0. The summed E-state index contributed by atoms with van der Waals surface area (Å²) in [7, 11) is 0. The lowest BCUT2D eigenvalue weighted by molar-refractivity contribution is -0.157. The first-order valence-electron chi connectivity index (χ1n) is 6.29. The number of nitrogen functional groups attached to an aromatic ring is 1. The Morgan fingerprint density at radius 3 is 2.67 bits per heavy atom. The van der Waals surface area contributed by atoms with Crippen LogP contribution in [0.1, 0.15) is 16.8 Å². The van der Waals surface area contributed by atoms with E-state index in [1.807, 2.05) is 0 Å². The molecule has 1 aliphatic heterocycles. The number of hydrogen-bond acceptors (Lipinski definition) is 3. The summed E-state index contributed by atoms with van der Waals surface area (Å²) in [6, 6.07) is 5.33. The summed E-state index contributed by atoms with van der Waals surface area (Å²) in [5, 5.41) is 2.42. The number of benzene rings is 1. The maximum Gasteiger partial charge on any atom is 0.406 e. The Kier molecular flexibility index (Phi) is 4.06. The average molecular weight is 301 g/mol. The summed E-state index contributed by atoms with van der Waals surface area (Å²) >= 11 is 0. The monoisotopic (exact) mass is 301 g/mol. The number of hydrogen-bond donors (Lipinski definition) is 2. The van der Waals surface area contributed by atoms with Gasteiger partial charge in [-0.15, -0.1) is 0 Å². The Bertz CT molecular complexity index is 560. The molecule has 1 aromatic carbocycles. The Hall–Kier alpha value is -2.25. The van der Waals surface area contributed by atoms with Crippen LogP contribution in [0.25, 0.3) is 0 Å². The van der Waals surface area contributed by atoms with E-state index < -0.39 is 30.6 Å². The minimum absolute atomic E-state index is 0.0342. The second-order valence-electron chi connectivity index (χ2n) is 4.78.